The third-order valence-electron chi connectivity index (χ3n) is 2.73. The largest absolute Gasteiger partial charge is 0.379 e. The number of nitrogens with one attached hydrogen (secondary N) is 2. The van der Waals surface area contributed by atoms with E-state index in [0.717, 1.165) is 17.4 Å². The average molecular weight is 292 g/mol. The number of hydrogen-bond donors (Lipinski definition) is 2. The Morgan fingerprint density at radius 1 is 1.20 bits per heavy atom. The smallest absolute Gasteiger partial charge is 0.183 e. The van der Waals surface area contributed by atoms with E-state index in [0.29, 0.717) is 0 Å². The van der Waals surface area contributed by atoms with Gasteiger partial charge in [0.2, 0.25) is 0 Å². The maximum atomic E-state index is 4.28. The molecule has 2 aromatic rings. The van der Waals surface area contributed by atoms with E-state index in [1.807, 2.05) is 11.6 Å². The molecule has 5 heteroatoms. The minimum atomic E-state index is -0.0458. The predicted octanol–water partition coefficient (Wildman–Crippen LogP) is 4.05. The SMILES string of the molecule is CC(C)(C)Nc1ccn(CC(C)(C)Nc2nccs2)c1. The molecule has 0 fully saturated rings. The van der Waals surface area contributed by atoms with Crippen LogP contribution in [0.15, 0.2) is 30.0 Å². The molecule has 0 aromatic carbocycles. The van der Waals surface area contributed by atoms with Crippen LogP contribution in [0.3, 0.4) is 0 Å². The van der Waals surface area contributed by atoms with Crippen LogP contribution in [0.1, 0.15) is 34.6 Å². The number of aromatic nitrogens is 2. The molecule has 2 aromatic heterocycles. The lowest BCUT2D eigenvalue weighted by atomic mass is 10.1. The van der Waals surface area contributed by atoms with Crippen LogP contribution < -0.4 is 10.6 Å². The van der Waals surface area contributed by atoms with Crippen molar-refractivity contribution in [2.75, 3.05) is 10.6 Å². The van der Waals surface area contributed by atoms with Gasteiger partial charge in [0, 0.05) is 36.1 Å². The molecular formula is C15H24N4S. The van der Waals surface area contributed by atoms with Crippen molar-refractivity contribution in [3.8, 4) is 0 Å². The molecule has 0 aliphatic heterocycles. The Labute approximate surface area is 125 Å². The second-order valence-electron chi connectivity index (χ2n) is 6.79. The third-order valence-corrected chi connectivity index (χ3v) is 3.41. The van der Waals surface area contributed by atoms with Gasteiger partial charge in [-0.1, -0.05) is 0 Å². The van der Waals surface area contributed by atoms with Crippen LogP contribution in [0.5, 0.6) is 0 Å². The van der Waals surface area contributed by atoms with Gasteiger partial charge in [0.1, 0.15) is 0 Å². The second kappa shape index (κ2) is 5.48. The summed E-state index contributed by atoms with van der Waals surface area (Å²) in [6, 6.07) is 2.12. The van der Waals surface area contributed by atoms with Crippen molar-refractivity contribution >= 4 is 22.2 Å². The van der Waals surface area contributed by atoms with Gasteiger partial charge >= 0.3 is 0 Å². The first-order chi connectivity index (χ1) is 9.23. The van der Waals surface area contributed by atoms with Gasteiger partial charge in [0.25, 0.3) is 0 Å². The maximum absolute atomic E-state index is 4.28. The summed E-state index contributed by atoms with van der Waals surface area (Å²) >= 11 is 1.63. The zero-order chi connectivity index (χ0) is 14.8. The van der Waals surface area contributed by atoms with E-state index in [4.69, 9.17) is 0 Å². The first kappa shape index (κ1) is 14.9. The van der Waals surface area contributed by atoms with E-state index in [1.165, 1.54) is 0 Å². The monoisotopic (exact) mass is 292 g/mol. The lowest BCUT2D eigenvalue weighted by Gasteiger charge is -2.26. The lowest BCUT2D eigenvalue weighted by molar-refractivity contribution is 0.470. The number of thiazole rings is 1. The fraction of sp³-hybridized carbons (Fsp3) is 0.533. The summed E-state index contributed by atoms with van der Waals surface area (Å²) in [5.41, 5.74) is 1.19. The predicted molar refractivity (Wildman–Crippen MR) is 87.6 cm³/mol. The molecule has 20 heavy (non-hydrogen) atoms. The Kier molecular flexibility index (Phi) is 4.09. The van der Waals surface area contributed by atoms with E-state index in [2.05, 4.69) is 73.3 Å². The van der Waals surface area contributed by atoms with E-state index in [9.17, 15) is 0 Å². The summed E-state index contributed by atoms with van der Waals surface area (Å²) in [5, 5.41) is 9.91. The summed E-state index contributed by atoms with van der Waals surface area (Å²) in [6.45, 7) is 11.8. The van der Waals surface area contributed by atoms with Gasteiger partial charge in [-0.2, -0.15) is 0 Å². The van der Waals surface area contributed by atoms with Crippen LogP contribution in [0, 0.1) is 0 Å². The van der Waals surface area contributed by atoms with Crippen LogP contribution in [0.25, 0.3) is 0 Å². The molecule has 110 valence electrons. The highest BCUT2D eigenvalue weighted by atomic mass is 32.1. The minimum absolute atomic E-state index is 0.0458. The van der Waals surface area contributed by atoms with Crippen LogP contribution in [0.2, 0.25) is 0 Å². The molecule has 0 bridgehead atoms. The highest BCUT2D eigenvalue weighted by Gasteiger charge is 2.19. The molecule has 0 saturated heterocycles. The van der Waals surface area contributed by atoms with Gasteiger partial charge < -0.3 is 15.2 Å². The topological polar surface area (TPSA) is 41.9 Å². The van der Waals surface area contributed by atoms with Crippen LogP contribution in [-0.4, -0.2) is 20.6 Å². The normalized spacial score (nSPS) is 12.4. The lowest BCUT2D eigenvalue weighted by Crippen LogP contribution is -2.35. The van der Waals surface area contributed by atoms with Gasteiger partial charge in [-0.25, -0.2) is 4.98 Å². The standard InChI is InChI=1S/C15H24N4S/c1-14(2,3)17-12-6-8-19(10-12)11-15(4,5)18-13-16-7-9-20-13/h6-10,17H,11H2,1-5H3,(H,16,18). The Bertz CT molecular complexity index is 534. The van der Waals surface area contributed by atoms with Gasteiger partial charge in [0.15, 0.2) is 5.13 Å². The molecule has 2 N–H and O–H groups in total. The Hall–Kier alpha value is -1.49. The fourth-order valence-electron chi connectivity index (χ4n) is 2.12. The molecule has 0 aliphatic rings. The van der Waals surface area contributed by atoms with Gasteiger partial charge in [-0.3, -0.25) is 0 Å². The summed E-state index contributed by atoms with van der Waals surface area (Å²) in [5.74, 6) is 0. The molecule has 0 unspecified atom stereocenters. The molecule has 0 atom stereocenters. The Morgan fingerprint density at radius 2 is 1.95 bits per heavy atom. The highest BCUT2D eigenvalue weighted by molar-refractivity contribution is 7.13. The van der Waals surface area contributed by atoms with Crippen molar-refractivity contribution in [3.05, 3.63) is 30.0 Å². The number of hydrogen-bond acceptors (Lipinski definition) is 4. The first-order valence-electron chi connectivity index (χ1n) is 6.85. The van der Waals surface area contributed by atoms with E-state index in [1.54, 1.807) is 11.3 Å². The molecule has 0 amide bonds. The van der Waals surface area contributed by atoms with Crippen LogP contribution in [0.4, 0.5) is 10.8 Å². The summed E-state index contributed by atoms with van der Waals surface area (Å²) in [7, 11) is 0. The molecule has 0 aliphatic carbocycles. The first-order valence-corrected chi connectivity index (χ1v) is 7.73. The molecule has 2 heterocycles. The molecule has 4 nitrogen and oxygen atoms in total. The minimum Gasteiger partial charge on any atom is -0.379 e. The number of rotatable bonds is 5. The quantitative estimate of drug-likeness (QED) is 0.873. The van der Waals surface area contributed by atoms with Crippen molar-refractivity contribution in [1.82, 2.24) is 9.55 Å². The molecule has 0 radical (unpaired) electrons. The number of anilines is 2. The fourth-order valence-corrected chi connectivity index (χ4v) is 2.82. The average Bonchev–Trinajstić information content (AvgIpc) is 2.87. The van der Waals surface area contributed by atoms with Crippen molar-refractivity contribution < 1.29 is 0 Å². The Morgan fingerprint density at radius 3 is 2.55 bits per heavy atom. The molecule has 0 spiro atoms. The zero-order valence-electron chi connectivity index (χ0n) is 12.9. The van der Waals surface area contributed by atoms with Crippen molar-refractivity contribution in [2.45, 2.75) is 52.2 Å². The van der Waals surface area contributed by atoms with E-state index < -0.39 is 0 Å². The second-order valence-corrected chi connectivity index (χ2v) is 7.69. The van der Waals surface area contributed by atoms with E-state index >= 15 is 0 Å². The van der Waals surface area contributed by atoms with Crippen molar-refractivity contribution in [1.29, 1.82) is 0 Å². The molecule has 0 saturated carbocycles. The Balaban J connectivity index is 1.98. The van der Waals surface area contributed by atoms with Crippen molar-refractivity contribution in [3.63, 3.8) is 0 Å². The molecular weight excluding hydrogens is 268 g/mol. The van der Waals surface area contributed by atoms with Crippen molar-refractivity contribution in [2.24, 2.45) is 0 Å². The number of nitrogens with zero attached hydrogens (tertiary/aromatic N) is 2. The molecule has 2 rings (SSSR count). The maximum Gasteiger partial charge on any atom is 0.183 e. The van der Waals surface area contributed by atoms with E-state index in [-0.39, 0.29) is 11.1 Å². The van der Waals surface area contributed by atoms with Gasteiger partial charge in [0.05, 0.1) is 11.2 Å². The van der Waals surface area contributed by atoms with Gasteiger partial charge in [-0.05, 0) is 40.7 Å². The summed E-state index contributed by atoms with van der Waals surface area (Å²) in [6.07, 6.45) is 6.08. The highest BCUT2D eigenvalue weighted by Crippen LogP contribution is 2.21. The van der Waals surface area contributed by atoms with Crippen LogP contribution >= 0.6 is 11.3 Å². The summed E-state index contributed by atoms with van der Waals surface area (Å²) < 4.78 is 2.20. The zero-order valence-corrected chi connectivity index (χ0v) is 13.7. The third kappa shape index (κ3) is 4.56. The van der Waals surface area contributed by atoms with Gasteiger partial charge in [-0.15, -0.1) is 11.3 Å². The van der Waals surface area contributed by atoms with Crippen LogP contribution in [-0.2, 0) is 6.54 Å². The summed E-state index contributed by atoms with van der Waals surface area (Å²) in [4.78, 5) is 4.28.